The molecule has 0 amide bonds. The number of aliphatic carboxylic acids is 1. The first kappa shape index (κ1) is 14.8. The van der Waals surface area contributed by atoms with Crippen molar-refractivity contribution >= 4 is 5.97 Å². The molecule has 2 aliphatic rings. The van der Waals surface area contributed by atoms with Gasteiger partial charge in [-0.25, -0.2) is 0 Å². The zero-order chi connectivity index (χ0) is 13.8. The van der Waals surface area contributed by atoms with Crippen LogP contribution < -0.4 is 5.32 Å². The fraction of sp³-hybridized carbons (Fsp3) is 0.933. The number of nitrogens with one attached hydrogen (secondary N) is 1. The van der Waals surface area contributed by atoms with Crippen LogP contribution in [0.4, 0.5) is 0 Å². The lowest BCUT2D eigenvalue weighted by molar-refractivity contribution is -0.139. The summed E-state index contributed by atoms with van der Waals surface area (Å²) in [5.74, 6) is 0.0856. The maximum atomic E-state index is 11.0. The van der Waals surface area contributed by atoms with Crippen LogP contribution >= 0.6 is 0 Å². The van der Waals surface area contributed by atoms with Gasteiger partial charge in [-0.15, -0.1) is 0 Å². The Balaban J connectivity index is 1.73. The Morgan fingerprint density at radius 2 is 1.95 bits per heavy atom. The predicted molar refractivity (Wildman–Crippen MR) is 76.2 cm³/mol. The van der Waals surface area contributed by atoms with Crippen LogP contribution in [0.1, 0.15) is 52.4 Å². The largest absolute Gasteiger partial charge is 0.480 e. The van der Waals surface area contributed by atoms with Gasteiger partial charge in [0.15, 0.2) is 0 Å². The summed E-state index contributed by atoms with van der Waals surface area (Å²) >= 11 is 0. The molecule has 2 N–H and O–H groups in total. The van der Waals surface area contributed by atoms with Crippen molar-refractivity contribution in [1.29, 1.82) is 0 Å². The second-order valence-corrected chi connectivity index (χ2v) is 6.27. The number of carboxylic acids is 1. The Morgan fingerprint density at radius 1 is 1.32 bits per heavy atom. The molecule has 0 aromatic rings. The van der Waals surface area contributed by atoms with Crippen molar-refractivity contribution in [3.8, 4) is 0 Å². The Kier molecular flexibility index (Phi) is 5.22. The van der Waals surface area contributed by atoms with Crippen LogP contribution in [0.5, 0.6) is 0 Å². The lowest BCUT2D eigenvalue weighted by Crippen LogP contribution is -2.55. The van der Waals surface area contributed by atoms with E-state index in [2.05, 4.69) is 24.1 Å². The molecule has 2 aliphatic carbocycles. The number of rotatable bonds is 9. The molecule has 0 aliphatic heterocycles. The molecule has 0 aromatic carbocycles. The molecule has 0 atom stereocenters. The fourth-order valence-electron chi connectivity index (χ4n) is 3.03. The van der Waals surface area contributed by atoms with E-state index in [0.717, 1.165) is 25.3 Å². The molecule has 4 nitrogen and oxygen atoms in total. The van der Waals surface area contributed by atoms with Gasteiger partial charge in [0.2, 0.25) is 0 Å². The predicted octanol–water partition coefficient (Wildman–Crippen LogP) is 2.09. The second-order valence-electron chi connectivity index (χ2n) is 6.27. The Labute approximate surface area is 116 Å². The lowest BCUT2D eigenvalue weighted by atomic mass is 9.84. The summed E-state index contributed by atoms with van der Waals surface area (Å²) < 4.78 is 0. The monoisotopic (exact) mass is 268 g/mol. The smallest absolute Gasteiger partial charge is 0.317 e. The Bertz CT molecular complexity index is 295. The van der Waals surface area contributed by atoms with Gasteiger partial charge in [0, 0.05) is 24.7 Å². The fourth-order valence-corrected chi connectivity index (χ4v) is 3.03. The molecular weight excluding hydrogens is 240 g/mol. The first-order valence-corrected chi connectivity index (χ1v) is 7.84. The van der Waals surface area contributed by atoms with Crippen molar-refractivity contribution in [3.63, 3.8) is 0 Å². The van der Waals surface area contributed by atoms with Gasteiger partial charge in [-0.1, -0.05) is 13.8 Å². The zero-order valence-corrected chi connectivity index (χ0v) is 12.3. The van der Waals surface area contributed by atoms with Gasteiger partial charge < -0.3 is 10.4 Å². The van der Waals surface area contributed by atoms with E-state index in [1.165, 1.54) is 25.7 Å². The second kappa shape index (κ2) is 6.71. The summed E-state index contributed by atoms with van der Waals surface area (Å²) in [5, 5.41) is 12.7. The third kappa shape index (κ3) is 4.46. The zero-order valence-electron chi connectivity index (χ0n) is 12.3. The molecule has 2 fully saturated rings. The molecular formula is C15H28N2O2. The maximum absolute atomic E-state index is 11.0. The normalized spacial score (nSPS) is 26.7. The Hall–Kier alpha value is -0.610. The highest BCUT2D eigenvalue weighted by atomic mass is 16.4. The molecule has 4 heteroatoms. The van der Waals surface area contributed by atoms with Gasteiger partial charge in [0.25, 0.3) is 0 Å². The molecule has 0 radical (unpaired) electrons. The molecule has 0 saturated heterocycles. The lowest BCUT2D eigenvalue weighted by Gasteiger charge is -2.44. The summed E-state index contributed by atoms with van der Waals surface area (Å²) in [7, 11) is 0. The van der Waals surface area contributed by atoms with Crippen LogP contribution in [-0.4, -0.2) is 47.2 Å². The van der Waals surface area contributed by atoms with Gasteiger partial charge in [-0.05, 0) is 44.4 Å². The average molecular weight is 268 g/mol. The van der Waals surface area contributed by atoms with Crippen LogP contribution in [-0.2, 0) is 4.79 Å². The number of hydrogen-bond donors (Lipinski definition) is 2. The van der Waals surface area contributed by atoms with Gasteiger partial charge in [0.1, 0.15) is 0 Å². The van der Waals surface area contributed by atoms with E-state index >= 15 is 0 Å². The summed E-state index contributed by atoms with van der Waals surface area (Å²) in [6, 6.07) is 1.72. The van der Waals surface area contributed by atoms with Crippen molar-refractivity contribution in [1.82, 2.24) is 10.2 Å². The van der Waals surface area contributed by atoms with Crippen molar-refractivity contribution in [2.24, 2.45) is 5.92 Å². The SMILES string of the molecule is CCC(CC)NC1CC(N(CC(=O)O)CC2CC2)C1. The van der Waals surface area contributed by atoms with E-state index in [1.54, 1.807) is 0 Å². The third-order valence-corrected chi connectivity index (χ3v) is 4.61. The maximum Gasteiger partial charge on any atom is 0.317 e. The summed E-state index contributed by atoms with van der Waals surface area (Å²) in [5.41, 5.74) is 0. The minimum absolute atomic E-state index is 0.221. The number of hydrogen-bond acceptors (Lipinski definition) is 3. The summed E-state index contributed by atoms with van der Waals surface area (Å²) in [4.78, 5) is 13.2. The van der Waals surface area contributed by atoms with Crippen LogP contribution in [0.25, 0.3) is 0 Å². The standard InChI is InChI=1S/C15H28N2O2/c1-3-12(4-2)16-13-7-14(8-13)17(10-15(18)19)9-11-5-6-11/h11-14,16H,3-10H2,1-2H3,(H,18,19). The number of carboxylic acid groups (broad SMARTS) is 1. The third-order valence-electron chi connectivity index (χ3n) is 4.61. The van der Waals surface area contributed by atoms with Crippen LogP contribution in [0.2, 0.25) is 0 Å². The van der Waals surface area contributed by atoms with Crippen LogP contribution in [0, 0.1) is 5.92 Å². The van der Waals surface area contributed by atoms with Crippen LogP contribution in [0.15, 0.2) is 0 Å². The van der Waals surface area contributed by atoms with Crippen molar-refractivity contribution < 1.29 is 9.90 Å². The molecule has 110 valence electrons. The molecule has 0 aromatic heterocycles. The molecule has 0 heterocycles. The highest BCUT2D eigenvalue weighted by Gasteiger charge is 2.37. The van der Waals surface area contributed by atoms with E-state index < -0.39 is 5.97 Å². The Morgan fingerprint density at radius 3 is 2.42 bits per heavy atom. The van der Waals surface area contributed by atoms with Crippen molar-refractivity contribution in [2.45, 2.75) is 70.5 Å². The first-order valence-electron chi connectivity index (χ1n) is 7.84. The summed E-state index contributed by atoms with van der Waals surface area (Å²) in [6.07, 6.45) is 7.18. The van der Waals surface area contributed by atoms with E-state index in [0.29, 0.717) is 18.1 Å². The van der Waals surface area contributed by atoms with Gasteiger partial charge >= 0.3 is 5.97 Å². The molecule has 0 unspecified atom stereocenters. The van der Waals surface area contributed by atoms with Gasteiger partial charge in [-0.2, -0.15) is 0 Å². The van der Waals surface area contributed by atoms with Crippen molar-refractivity contribution in [3.05, 3.63) is 0 Å². The molecule has 19 heavy (non-hydrogen) atoms. The number of nitrogens with zero attached hydrogens (tertiary/aromatic N) is 1. The van der Waals surface area contributed by atoms with E-state index in [1.807, 2.05) is 0 Å². The molecule has 2 rings (SSSR count). The van der Waals surface area contributed by atoms with Crippen molar-refractivity contribution in [2.75, 3.05) is 13.1 Å². The van der Waals surface area contributed by atoms with Gasteiger partial charge in [-0.3, -0.25) is 9.69 Å². The minimum Gasteiger partial charge on any atom is -0.480 e. The molecule has 2 saturated carbocycles. The highest BCUT2D eigenvalue weighted by Crippen LogP contribution is 2.33. The number of carbonyl (C=O) groups is 1. The molecule has 0 bridgehead atoms. The highest BCUT2D eigenvalue weighted by molar-refractivity contribution is 5.69. The summed E-state index contributed by atoms with van der Waals surface area (Å²) in [6.45, 7) is 5.66. The van der Waals surface area contributed by atoms with E-state index in [9.17, 15) is 4.79 Å². The molecule has 0 spiro atoms. The van der Waals surface area contributed by atoms with E-state index in [-0.39, 0.29) is 6.54 Å². The average Bonchev–Trinajstić information content (AvgIpc) is 3.10. The minimum atomic E-state index is -0.683. The first-order chi connectivity index (χ1) is 9.12. The quantitative estimate of drug-likeness (QED) is 0.672. The van der Waals surface area contributed by atoms with E-state index in [4.69, 9.17) is 5.11 Å². The van der Waals surface area contributed by atoms with Crippen LogP contribution in [0.3, 0.4) is 0 Å². The topological polar surface area (TPSA) is 52.6 Å². The van der Waals surface area contributed by atoms with Gasteiger partial charge in [0.05, 0.1) is 6.54 Å².